The van der Waals surface area contributed by atoms with Crippen LogP contribution in [0.1, 0.15) is 0 Å². The molecule has 0 fully saturated rings. The van der Waals surface area contributed by atoms with Gasteiger partial charge in [-0.3, -0.25) is 4.55 Å². The van der Waals surface area contributed by atoms with E-state index in [2.05, 4.69) is 20.7 Å². The maximum absolute atomic E-state index is 11.3. The molecule has 0 aliphatic carbocycles. The van der Waals surface area contributed by atoms with Crippen LogP contribution in [0.4, 0.5) is 17.2 Å². The smallest absolute Gasteiger partial charge is 0.296 e. The number of hydrogen-bond donors (Lipinski definition) is 3. The summed E-state index contributed by atoms with van der Waals surface area (Å²) in [5.74, 6) is -0.0258. The quantitative estimate of drug-likeness (QED) is 0.571. The van der Waals surface area contributed by atoms with Crippen molar-refractivity contribution in [3.05, 3.63) is 28.4 Å². The summed E-state index contributed by atoms with van der Waals surface area (Å²) in [5, 5.41) is 12.7. The number of nitrogen functional groups attached to an aromatic ring is 1. The zero-order valence-corrected chi connectivity index (χ0v) is 11.9. The summed E-state index contributed by atoms with van der Waals surface area (Å²) in [4.78, 5) is -0.391. The molecule has 0 aliphatic heterocycles. The van der Waals surface area contributed by atoms with Crippen molar-refractivity contribution in [2.75, 3.05) is 11.1 Å². The van der Waals surface area contributed by atoms with Gasteiger partial charge in [0.25, 0.3) is 10.1 Å². The lowest BCUT2D eigenvalue weighted by Gasteiger charge is -2.11. The number of hydrogen-bond acceptors (Lipinski definition) is 7. The molecule has 0 saturated heterocycles. The summed E-state index contributed by atoms with van der Waals surface area (Å²) >= 11 is 11.5. The maximum Gasteiger partial charge on any atom is 0.296 e. The van der Waals surface area contributed by atoms with Crippen molar-refractivity contribution in [3.8, 4) is 0 Å². The van der Waals surface area contributed by atoms with E-state index in [0.29, 0.717) is 0 Å². The average Bonchev–Trinajstić information content (AvgIpc) is 2.33. The Morgan fingerprint density at radius 3 is 2.60 bits per heavy atom. The summed E-state index contributed by atoms with van der Waals surface area (Å²) in [6.45, 7) is 0. The largest absolute Gasteiger partial charge is 0.399 e. The average molecular weight is 336 g/mol. The van der Waals surface area contributed by atoms with E-state index in [1.54, 1.807) is 0 Å². The van der Waals surface area contributed by atoms with Gasteiger partial charge in [-0.15, -0.1) is 10.2 Å². The highest BCUT2D eigenvalue weighted by atomic mass is 35.5. The van der Waals surface area contributed by atoms with Crippen molar-refractivity contribution in [2.24, 2.45) is 0 Å². The molecule has 0 unspecified atom stereocenters. The fourth-order valence-corrected chi connectivity index (χ4v) is 2.24. The standard InChI is InChI=1S/C9H7Cl2N5O3S/c10-7-8(11)14-16-15-9(7)13-5-3-4(12)1-2-6(5)20(17,18)19/h1-3H,12H2,(H,13,14,15)(H,17,18,19). The third kappa shape index (κ3) is 3.07. The van der Waals surface area contributed by atoms with Crippen LogP contribution in [0.5, 0.6) is 0 Å². The van der Waals surface area contributed by atoms with Crippen molar-refractivity contribution in [3.63, 3.8) is 0 Å². The molecular weight excluding hydrogens is 329 g/mol. The lowest BCUT2D eigenvalue weighted by molar-refractivity contribution is 0.483. The molecule has 2 rings (SSSR count). The van der Waals surface area contributed by atoms with Crippen LogP contribution in [0.3, 0.4) is 0 Å². The summed E-state index contributed by atoms with van der Waals surface area (Å²) in [7, 11) is -4.45. The second kappa shape index (κ2) is 5.37. The molecule has 1 aromatic carbocycles. The number of benzene rings is 1. The van der Waals surface area contributed by atoms with Crippen molar-refractivity contribution >= 4 is 50.5 Å². The van der Waals surface area contributed by atoms with Crippen LogP contribution in [0.15, 0.2) is 23.1 Å². The SMILES string of the molecule is Nc1ccc(S(=O)(=O)O)c(Nc2nnnc(Cl)c2Cl)c1. The van der Waals surface area contributed by atoms with E-state index in [1.807, 2.05) is 0 Å². The predicted molar refractivity (Wildman–Crippen MR) is 73.8 cm³/mol. The summed E-state index contributed by atoms with van der Waals surface area (Å²) in [6.07, 6.45) is 0. The Morgan fingerprint density at radius 1 is 1.25 bits per heavy atom. The Kier molecular flexibility index (Phi) is 3.95. The first kappa shape index (κ1) is 14.7. The van der Waals surface area contributed by atoms with Gasteiger partial charge in [0.05, 0.1) is 5.69 Å². The fourth-order valence-electron chi connectivity index (χ4n) is 1.37. The number of rotatable bonds is 3. The van der Waals surface area contributed by atoms with E-state index >= 15 is 0 Å². The predicted octanol–water partition coefficient (Wildman–Crippen LogP) is 1.75. The number of nitrogens with two attached hydrogens (primary N) is 1. The summed E-state index contributed by atoms with van der Waals surface area (Å²) < 4.78 is 31.7. The fraction of sp³-hybridized carbons (Fsp3) is 0. The number of anilines is 3. The van der Waals surface area contributed by atoms with Gasteiger partial charge in [0.2, 0.25) is 0 Å². The Labute approximate surface area is 123 Å². The van der Waals surface area contributed by atoms with Gasteiger partial charge in [0.1, 0.15) is 9.92 Å². The number of halogens is 2. The highest BCUT2D eigenvalue weighted by Gasteiger charge is 2.18. The maximum atomic E-state index is 11.3. The minimum Gasteiger partial charge on any atom is -0.399 e. The molecule has 0 bridgehead atoms. The third-order valence-corrected chi connectivity index (χ3v) is 3.83. The van der Waals surface area contributed by atoms with Crippen molar-refractivity contribution in [2.45, 2.75) is 4.90 Å². The van der Waals surface area contributed by atoms with E-state index in [4.69, 9.17) is 33.5 Å². The minimum atomic E-state index is -4.45. The van der Waals surface area contributed by atoms with Crippen molar-refractivity contribution in [1.29, 1.82) is 0 Å². The molecule has 11 heteroatoms. The highest BCUT2D eigenvalue weighted by Crippen LogP contribution is 2.31. The first-order valence-electron chi connectivity index (χ1n) is 4.97. The van der Waals surface area contributed by atoms with Gasteiger partial charge in [-0.1, -0.05) is 23.2 Å². The molecule has 0 aliphatic rings. The van der Waals surface area contributed by atoms with E-state index < -0.39 is 15.0 Å². The number of nitrogens with one attached hydrogen (secondary N) is 1. The van der Waals surface area contributed by atoms with E-state index in [1.165, 1.54) is 12.1 Å². The monoisotopic (exact) mass is 335 g/mol. The number of aromatic nitrogens is 3. The molecule has 4 N–H and O–H groups in total. The third-order valence-electron chi connectivity index (χ3n) is 2.20. The molecular formula is C9H7Cl2N5O3S. The van der Waals surface area contributed by atoms with E-state index in [9.17, 15) is 8.42 Å². The van der Waals surface area contributed by atoms with Crippen LogP contribution >= 0.6 is 23.2 Å². The van der Waals surface area contributed by atoms with Gasteiger partial charge >= 0.3 is 0 Å². The Bertz CT molecular complexity index is 768. The van der Waals surface area contributed by atoms with Crippen molar-refractivity contribution < 1.29 is 13.0 Å². The molecule has 20 heavy (non-hydrogen) atoms. The summed E-state index contributed by atoms with van der Waals surface area (Å²) in [6, 6.07) is 3.74. The Balaban J connectivity index is 2.53. The van der Waals surface area contributed by atoms with Crippen LogP contribution in [0.25, 0.3) is 0 Å². The zero-order valence-electron chi connectivity index (χ0n) is 9.58. The van der Waals surface area contributed by atoms with Gasteiger partial charge in [-0.25, -0.2) is 0 Å². The van der Waals surface area contributed by atoms with Crippen LogP contribution in [-0.2, 0) is 10.1 Å². The molecule has 0 spiro atoms. The molecule has 2 aromatic rings. The topological polar surface area (TPSA) is 131 Å². The normalized spacial score (nSPS) is 11.3. The van der Waals surface area contributed by atoms with Crippen LogP contribution in [0, 0.1) is 0 Å². The lowest BCUT2D eigenvalue weighted by Crippen LogP contribution is -2.06. The summed E-state index contributed by atoms with van der Waals surface area (Å²) in [5.41, 5.74) is 5.81. The molecule has 0 atom stereocenters. The van der Waals surface area contributed by atoms with E-state index in [-0.39, 0.29) is 27.4 Å². The minimum absolute atomic E-state index is 0.0223. The molecule has 0 radical (unpaired) electrons. The lowest BCUT2D eigenvalue weighted by atomic mass is 10.3. The molecule has 1 heterocycles. The molecule has 106 valence electrons. The zero-order chi connectivity index (χ0) is 14.9. The van der Waals surface area contributed by atoms with Crippen molar-refractivity contribution in [1.82, 2.24) is 15.4 Å². The Hall–Kier alpha value is -1.68. The second-order valence-corrected chi connectivity index (χ2v) is 5.72. The second-order valence-electron chi connectivity index (χ2n) is 3.60. The van der Waals surface area contributed by atoms with Gasteiger partial charge < -0.3 is 11.1 Å². The van der Waals surface area contributed by atoms with E-state index in [0.717, 1.165) is 6.07 Å². The van der Waals surface area contributed by atoms with Crippen LogP contribution in [-0.4, -0.2) is 28.4 Å². The van der Waals surface area contributed by atoms with Gasteiger partial charge in [-0.2, -0.15) is 8.42 Å². The Morgan fingerprint density at radius 2 is 1.95 bits per heavy atom. The first-order chi connectivity index (χ1) is 9.29. The van der Waals surface area contributed by atoms with Crippen LogP contribution in [0.2, 0.25) is 10.2 Å². The molecule has 0 saturated carbocycles. The van der Waals surface area contributed by atoms with Gasteiger partial charge in [-0.05, 0) is 23.4 Å². The molecule has 0 amide bonds. The number of nitrogens with zero attached hydrogens (tertiary/aromatic N) is 3. The van der Waals surface area contributed by atoms with Gasteiger partial charge in [0.15, 0.2) is 11.0 Å². The highest BCUT2D eigenvalue weighted by molar-refractivity contribution is 7.86. The van der Waals surface area contributed by atoms with Crippen LogP contribution < -0.4 is 11.1 Å². The molecule has 1 aromatic heterocycles. The first-order valence-corrected chi connectivity index (χ1v) is 7.17. The van der Waals surface area contributed by atoms with Gasteiger partial charge in [0, 0.05) is 5.69 Å². The molecule has 8 nitrogen and oxygen atoms in total.